The molecule has 8 nitrogen and oxygen atoms in total. The van der Waals surface area contributed by atoms with Crippen molar-refractivity contribution in [2.24, 2.45) is 5.41 Å². The Balaban J connectivity index is 1.16. The standard InChI is InChI=1S/C30H24F5N5O3/c31-29(32)13-28(14-29)15-40(16-28)27(42)18-3-4-23(37-11-18)19-7-20-8-21(43-26(20)22(9-19)30(33,34)35)12-39-25(41)6-2-17-1-5-24(36)38-10-17/h1-11H,12-16H2,(H2,36,38)(H,39,41)/b6-2+. The Kier molecular flexibility index (Phi) is 6.70. The summed E-state index contributed by atoms with van der Waals surface area (Å²) in [5.74, 6) is -3.09. The highest BCUT2D eigenvalue weighted by Gasteiger charge is 2.62. The maximum Gasteiger partial charge on any atom is 0.420 e. The minimum atomic E-state index is -4.75. The summed E-state index contributed by atoms with van der Waals surface area (Å²) >= 11 is 0. The van der Waals surface area contributed by atoms with Gasteiger partial charge in [-0.15, -0.1) is 0 Å². The average molecular weight is 598 g/mol. The molecule has 0 atom stereocenters. The van der Waals surface area contributed by atoms with Gasteiger partial charge in [0.1, 0.15) is 17.2 Å². The number of furan rings is 1. The highest BCUT2D eigenvalue weighted by atomic mass is 19.4. The summed E-state index contributed by atoms with van der Waals surface area (Å²) in [6.07, 6.45) is 0.302. The molecule has 1 aromatic carbocycles. The SMILES string of the molecule is Nc1ccc(/C=C/C(=O)NCc2cc3cc(-c4ccc(C(=O)N5CC6(C5)CC(F)(F)C6)cn4)cc(C(F)(F)F)c3o2)cn1. The number of amides is 2. The van der Waals surface area contributed by atoms with Crippen molar-refractivity contribution < 1.29 is 36.0 Å². The number of pyridine rings is 2. The number of rotatable bonds is 6. The van der Waals surface area contributed by atoms with Crippen LogP contribution in [-0.2, 0) is 17.5 Å². The average Bonchev–Trinajstić information content (AvgIpc) is 3.34. The first-order valence-electron chi connectivity index (χ1n) is 13.2. The molecule has 13 heteroatoms. The number of aromatic nitrogens is 2. The minimum Gasteiger partial charge on any atom is -0.459 e. The van der Waals surface area contributed by atoms with Crippen molar-refractivity contribution in [2.45, 2.75) is 31.5 Å². The highest BCUT2D eigenvalue weighted by molar-refractivity contribution is 5.95. The van der Waals surface area contributed by atoms with Gasteiger partial charge in [0, 0.05) is 60.8 Å². The molecule has 43 heavy (non-hydrogen) atoms. The first-order chi connectivity index (χ1) is 20.3. The lowest BCUT2D eigenvalue weighted by Crippen LogP contribution is -2.66. The van der Waals surface area contributed by atoms with Gasteiger partial charge >= 0.3 is 6.18 Å². The van der Waals surface area contributed by atoms with E-state index in [1.165, 1.54) is 53.7 Å². The summed E-state index contributed by atoms with van der Waals surface area (Å²) in [6.45, 7) is 0.331. The third-order valence-electron chi connectivity index (χ3n) is 7.56. The van der Waals surface area contributed by atoms with E-state index in [0.29, 0.717) is 11.4 Å². The minimum absolute atomic E-state index is 0.110. The third-order valence-corrected chi connectivity index (χ3v) is 7.56. The van der Waals surface area contributed by atoms with Crippen LogP contribution in [0.1, 0.15) is 40.1 Å². The Morgan fingerprint density at radius 1 is 1.05 bits per heavy atom. The number of alkyl halides is 5. The molecule has 6 rings (SSSR count). The molecule has 222 valence electrons. The normalized spacial score (nSPS) is 17.2. The summed E-state index contributed by atoms with van der Waals surface area (Å²) in [7, 11) is 0. The number of hydrogen-bond donors (Lipinski definition) is 2. The smallest absolute Gasteiger partial charge is 0.420 e. The number of nitrogens with zero attached hydrogens (tertiary/aromatic N) is 3. The number of nitrogen functional groups attached to an aromatic ring is 1. The first kappa shape index (κ1) is 28.3. The predicted molar refractivity (Wildman–Crippen MR) is 146 cm³/mol. The fourth-order valence-corrected chi connectivity index (χ4v) is 5.62. The van der Waals surface area contributed by atoms with Crippen molar-refractivity contribution in [1.82, 2.24) is 20.2 Å². The van der Waals surface area contributed by atoms with E-state index in [2.05, 4.69) is 15.3 Å². The number of hydrogen-bond acceptors (Lipinski definition) is 6. The Labute approximate surface area is 241 Å². The van der Waals surface area contributed by atoms with E-state index in [1.54, 1.807) is 12.1 Å². The van der Waals surface area contributed by atoms with Gasteiger partial charge in [-0.2, -0.15) is 13.2 Å². The van der Waals surface area contributed by atoms with Gasteiger partial charge in [0.05, 0.1) is 23.4 Å². The Morgan fingerprint density at radius 3 is 2.44 bits per heavy atom. The van der Waals surface area contributed by atoms with E-state index in [4.69, 9.17) is 10.2 Å². The second-order valence-electron chi connectivity index (χ2n) is 11.0. The van der Waals surface area contributed by atoms with E-state index in [9.17, 15) is 31.5 Å². The van der Waals surface area contributed by atoms with Crippen LogP contribution in [0.25, 0.3) is 28.3 Å². The molecule has 1 saturated heterocycles. The molecule has 2 amide bonds. The zero-order valence-corrected chi connectivity index (χ0v) is 22.4. The molecule has 2 aliphatic rings. The zero-order chi connectivity index (χ0) is 30.6. The number of carbonyl (C=O) groups excluding carboxylic acids is 2. The monoisotopic (exact) mass is 597 g/mol. The van der Waals surface area contributed by atoms with Crippen LogP contribution >= 0.6 is 0 Å². The molecule has 1 spiro atoms. The van der Waals surface area contributed by atoms with Crippen LogP contribution < -0.4 is 11.1 Å². The van der Waals surface area contributed by atoms with Crippen LogP contribution in [-0.4, -0.2) is 45.7 Å². The van der Waals surface area contributed by atoms with Gasteiger partial charge in [0.2, 0.25) is 11.8 Å². The van der Waals surface area contributed by atoms with Gasteiger partial charge in [0.25, 0.3) is 5.91 Å². The molecule has 0 bridgehead atoms. The number of halogens is 5. The number of likely N-dealkylation sites (tertiary alicyclic amines) is 1. The quantitative estimate of drug-likeness (QED) is 0.218. The van der Waals surface area contributed by atoms with E-state index in [1.807, 2.05) is 0 Å². The van der Waals surface area contributed by atoms with Crippen molar-refractivity contribution >= 4 is 34.7 Å². The van der Waals surface area contributed by atoms with Gasteiger partial charge in [-0.3, -0.25) is 14.6 Å². The molecule has 4 heterocycles. The zero-order valence-electron chi connectivity index (χ0n) is 22.4. The summed E-state index contributed by atoms with van der Waals surface area (Å²) in [6, 6.07) is 9.93. The fraction of sp³-hybridized carbons (Fsp3) is 0.267. The van der Waals surface area contributed by atoms with Crippen molar-refractivity contribution in [3.8, 4) is 11.3 Å². The number of nitrogens with two attached hydrogens (primary N) is 1. The van der Waals surface area contributed by atoms with Crippen LogP contribution in [0.4, 0.5) is 27.8 Å². The van der Waals surface area contributed by atoms with Crippen LogP contribution in [0.5, 0.6) is 0 Å². The first-order valence-corrected chi connectivity index (χ1v) is 13.2. The second-order valence-corrected chi connectivity index (χ2v) is 11.0. The van der Waals surface area contributed by atoms with Crippen molar-refractivity contribution in [3.63, 3.8) is 0 Å². The van der Waals surface area contributed by atoms with E-state index < -0.39 is 29.0 Å². The van der Waals surface area contributed by atoms with Crippen LogP contribution in [0.2, 0.25) is 0 Å². The van der Waals surface area contributed by atoms with Gasteiger partial charge in [-0.25, -0.2) is 13.8 Å². The molecule has 4 aromatic rings. The van der Waals surface area contributed by atoms with E-state index >= 15 is 0 Å². The topological polar surface area (TPSA) is 114 Å². The molecule has 1 saturated carbocycles. The Morgan fingerprint density at radius 2 is 1.81 bits per heavy atom. The molecule has 1 aliphatic heterocycles. The van der Waals surface area contributed by atoms with E-state index in [-0.39, 0.29) is 71.9 Å². The van der Waals surface area contributed by atoms with E-state index in [0.717, 1.165) is 6.07 Å². The summed E-state index contributed by atoms with van der Waals surface area (Å²) in [5.41, 5.74) is 4.80. The lowest BCUT2D eigenvalue weighted by Gasteiger charge is -2.58. The highest BCUT2D eigenvalue weighted by Crippen LogP contribution is 2.56. The second kappa shape index (κ2) is 10.2. The molecule has 0 unspecified atom stereocenters. The Bertz CT molecular complexity index is 1730. The number of carbonyl (C=O) groups is 2. The maximum atomic E-state index is 14.0. The maximum absolute atomic E-state index is 14.0. The van der Waals surface area contributed by atoms with Gasteiger partial charge in [0.15, 0.2) is 0 Å². The number of fused-ring (bicyclic) bond motifs is 1. The number of benzene rings is 1. The molecular formula is C30H24F5N5O3. The molecule has 3 N–H and O–H groups in total. The van der Waals surface area contributed by atoms with Crippen molar-refractivity contribution in [3.05, 3.63) is 83.4 Å². The number of nitrogens with one attached hydrogen (secondary N) is 1. The number of anilines is 1. The van der Waals surface area contributed by atoms with Gasteiger partial charge in [-0.05, 0) is 54.1 Å². The molecular weight excluding hydrogens is 573 g/mol. The lowest BCUT2D eigenvalue weighted by atomic mass is 9.61. The summed E-state index contributed by atoms with van der Waals surface area (Å²) in [5, 5.41) is 2.72. The van der Waals surface area contributed by atoms with Gasteiger partial charge < -0.3 is 20.4 Å². The summed E-state index contributed by atoms with van der Waals surface area (Å²) < 4.78 is 74.0. The molecule has 3 aromatic heterocycles. The van der Waals surface area contributed by atoms with Crippen molar-refractivity contribution in [1.29, 1.82) is 0 Å². The van der Waals surface area contributed by atoms with Crippen LogP contribution in [0, 0.1) is 5.41 Å². The third kappa shape index (κ3) is 5.79. The summed E-state index contributed by atoms with van der Waals surface area (Å²) in [4.78, 5) is 34.6. The predicted octanol–water partition coefficient (Wildman–Crippen LogP) is 5.69. The van der Waals surface area contributed by atoms with Crippen LogP contribution in [0.15, 0.2) is 65.4 Å². The fourth-order valence-electron chi connectivity index (χ4n) is 5.62. The lowest BCUT2D eigenvalue weighted by molar-refractivity contribution is -0.203. The Hall–Kier alpha value is -4.81. The largest absolute Gasteiger partial charge is 0.459 e. The van der Waals surface area contributed by atoms with Crippen molar-refractivity contribution in [2.75, 3.05) is 18.8 Å². The molecule has 1 aliphatic carbocycles. The molecule has 2 fully saturated rings. The molecule has 0 radical (unpaired) electrons. The van der Waals surface area contributed by atoms with Crippen LogP contribution in [0.3, 0.4) is 0 Å². The van der Waals surface area contributed by atoms with Gasteiger partial charge in [-0.1, -0.05) is 0 Å².